The lowest BCUT2D eigenvalue weighted by Crippen LogP contribution is -2.28. The lowest BCUT2D eigenvalue weighted by atomic mass is 9.93. The first-order valence-corrected chi connectivity index (χ1v) is 6.06. The molecule has 2 rings (SSSR count). The predicted octanol–water partition coefficient (Wildman–Crippen LogP) is 2.31. The van der Waals surface area contributed by atoms with Gasteiger partial charge in [-0.3, -0.25) is 4.90 Å². The molecule has 1 aliphatic heterocycles. The molecule has 2 nitrogen and oxygen atoms in total. The van der Waals surface area contributed by atoms with Gasteiger partial charge < -0.3 is 5.73 Å². The van der Waals surface area contributed by atoms with Crippen LogP contribution in [0, 0.1) is 17.6 Å². The number of nitrogens with zero attached hydrogens (tertiary/aromatic N) is 1. The zero-order chi connectivity index (χ0) is 12.4. The first kappa shape index (κ1) is 12.5. The van der Waals surface area contributed by atoms with Gasteiger partial charge in [-0.2, -0.15) is 0 Å². The molecule has 1 aliphatic rings. The van der Waals surface area contributed by atoms with E-state index >= 15 is 0 Å². The Hall–Kier alpha value is -1.00. The molecule has 0 bridgehead atoms. The van der Waals surface area contributed by atoms with Gasteiger partial charge >= 0.3 is 0 Å². The SMILES string of the molecule is CCN1CCC(CN)C1c1ccc(F)c(F)c1. The van der Waals surface area contributed by atoms with Gasteiger partial charge in [0.1, 0.15) is 0 Å². The molecule has 0 spiro atoms. The average Bonchev–Trinajstić information content (AvgIpc) is 2.75. The number of hydrogen-bond donors (Lipinski definition) is 1. The third-order valence-corrected chi connectivity index (χ3v) is 3.62. The second kappa shape index (κ2) is 5.10. The lowest BCUT2D eigenvalue weighted by molar-refractivity contribution is 0.241. The minimum absolute atomic E-state index is 0.125. The third-order valence-electron chi connectivity index (χ3n) is 3.62. The van der Waals surface area contributed by atoms with Gasteiger partial charge in [-0.1, -0.05) is 13.0 Å². The molecule has 0 amide bonds. The van der Waals surface area contributed by atoms with Crippen molar-refractivity contribution in [3.8, 4) is 0 Å². The van der Waals surface area contributed by atoms with Crippen molar-refractivity contribution in [3.63, 3.8) is 0 Å². The molecule has 4 heteroatoms. The summed E-state index contributed by atoms with van der Waals surface area (Å²) < 4.78 is 26.2. The van der Waals surface area contributed by atoms with Crippen molar-refractivity contribution in [1.82, 2.24) is 4.90 Å². The largest absolute Gasteiger partial charge is 0.330 e. The highest BCUT2D eigenvalue weighted by atomic mass is 19.2. The summed E-state index contributed by atoms with van der Waals surface area (Å²) in [7, 11) is 0. The van der Waals surface area contributed by atoms with E-state index in [9.17, 15) is 8.78 Å². The summed E-state index contributed by atoms with van der Waals surface area (Å²) in [5, 5.41) is 0. The van der Waals surface area contributed by atoms with E-state index in [1.54, 1.807) is 6.07 Å². The number of benzene rings is 1. The molecule has 2 atom stereocenters. The van der Waals surface area contributed by atoms with Crippen LogP contribution < -0.4 is 5.73 Å². The Kier molecular flexibility index (Phi) is 3.74. The zero-order valence-electron chi connectivity index (χ0n) is 10.00. The molecular weight excluding hydrogens is 222 g/mol. The maximum absolute atomic E-state index is 13.3. The highest BCUT2D eigenvalue weighted by molar-refractivity contribution is 5.23. The average molecular weight is 240 g/mol. The highest BCUT2D eigenvalue weighted by Gasteiger charge is 2.33. The number of rotatable bonds is 3. The van der Waals surface area contributed by atoms with Gasteiger partial charge in [0, 0.05) is 6.04 Å². The molecule has 0 saturated carbocycles. The predicted molar refractivity (Wildman–Crippen MR) is 63.5 cm³/mol. The van der Waals surface area contributed by atoms with E-state index in [0.717, 1.165) is 25.1 Å². The van der Waals surface area contributed by atoms with Crippen LogP contribution in [-0.4, -0.2) is 24.5 Å². The van der Waals surface area contributed by atoms with Gasteiger partial charge in [0.05, 0.1) is 0 Å². The van der Waals surface area contributed by atoms with Gasteiger partial charge in [0.2, 0.25) is 0 Å². The molecule has 1 heterocycles. The van der Waals surface area contributed by atoms with Crippen molar-refractivity contribution in [2.75, 3.05) is 19.6 Å². The smallest absolute Gasteiger partial charge is 0.159 e. The van der Waals surface area contributed by atoms with E-state index in [1.165, 1.54) is 12.1 Å². The van der Waals surface area contributed by atoms with Gasteiger partial charge in [-0.05, 0) is 49.7 Å². The molecule has 1 aromatic rings. The third kappa shape index (κ3) is 2.33. The maximum atomic E-state index is 13.3. The number of nitrogens with two attached hydrogens (primary N) is 1. The molecule has 17 heavy (non-hydrogen) atoms. The van der Waals surface area contributed by atoms with Gasteiger partial charge in [0.15, 0.2) is 11.6 Å². The molecule has 94 valence electrons. The van der Waals surface area contributed by atoms with Crippen molar-refractivity contribution >= 4 is 0 Å². The van der Waals surface area contributed by atoms with Crippen LogP contribution in [0.15, 0.2) is 18.2 Å². The van der Waals surface area contributed by atoms with Crippen LogP contribution in [0.3, 0.4) is 0 Å². The van der Waals surface area contributed by atoms with E-state index in [0.29, 0.717) is 12.5 Å². The van der Waals surface area contributed by atoms with Gasteiger partial charge in [0.25, 0.3) is 0 Å². The van der Waals surface area contributed by atoms with E-state index in [-0.39, 0.29) is 6.04 Å². The monoisotopic (exact) mass is 240 g/mol. The number of halogens is 2. The zero-order valence-corrected chi connectivity index (χ0v) is 10.00. The topological polar surface area (TPSA) is 29.3 Å². The second-order valence-electron chi connectivity index (χ2n) is 4.53. The van der Waals surface area contributed by atoms with Gasteiger partial charge in [-0.15, -0.1) is 0 Å². The summed E-state index contributed by atoms with van der Waals surface area (Å²) in [5.74, 6) is -1.24. The van der Waals surface area contributed by atoms with Crippen LogP contribution in [-0.2, 0) is 0 Å². The van der Waals surface area contributed by atoms with Crippen LogP contribution in [0.1, 0.15) is 24.9 Å². The Bertz CT molecular complexity index is 383. The standard InChI is InChI=1S/C13H18F2N2/c1-2-17-6-5-10(8-16)13(17)9-3-4-11(14)12(15)7-9/h3-4,7,10,13H,2,5-6,8,16H2,1H3. The summed E-state index contributed by atoms with van der Waals surface area (Å²) in [6.45, 7) is 4.54. The molecule has 1 saturated heterocycles. The normalized spacial score (nSPS) is 25.4. The van der Waals surface area contributed by atoms with Crippen molar-refractivity contribution in [3.05, 3.63) is 35.4 Å². The fourth-order valence-electron chi connectivity index (χ4n) is 2.71. The number of hydrogen-bond acceptors (Lipinski definition) is 2. The molecule has 1 fully saturated rings. The first-order valence-electron chi connectivity index (χ1n) is 6.06. The summed E-state index contributed by atoms with van der Waals surface area (Å²) in [5.41, 5.74) is 6.58. The van der Waals surface area contributed by atoms with Crippen molar-refractivity contribution in [2.45, 2.75) is 19.4 Å². The Balaban J connectivity index is 2.31. The second-order valence-corrected chi connectivity index (χ2v) is 4.53. The lowest BCUT2D eigenvalue weighted by Gasteiger charge is -2.27. The summed E-state index contributed by atoms with van der Waals surface area (Å²) in [6, 6.07) is 4.29. The van der Waals surface area contributed by atoms with Crippen LogP contribution in [0.5, 0.6) is 0 Å². The Morgan fingerprint density at radius 2 is 2.12 bits per heavy atom. The van der Waals surface area contributed by atoms with Crippen LogP contribution in [0.2, 0.25) is 0 Å². The summed E-state index contributed by atoms with van der Waals surface area (Å²) in [4.78, 5) is 2.27. The summed E-state index contributed by atoms with van der Waals surface area (Å²) in [6.07, 6.45) is 1.02. The van der Waals surface area contributed by atoms with E-state index in [4.69, 9.17) is 5.73 Å². The first-order chi connectivity index (χ1) is 8.17. The van der Waals surface area contributed by atoms with Crippen molar-refractivity contribution in [1.29, 1.82) is 0 Å². The van der Waals surface area contributed by atoms with Crippen molar-refractivity contribution < 1.29 is 8.78 Å². The Morgan fingerprint density at radius 1 is 1.35 bits per heavy atom. The molecule has 0 aromatic heterocycles. The number of likely N-dealkylation sites (tertiary alicyclic amines) is 1. The molecule has 0 aliphatic carbocycles. The Morgan fingerprint density at radius 3 is 2.71 bits per heavy atom. The van der Waals surface area contributed by atoms with Crippen LogP contribution in [0.25, 0.3) is 0 Å². The minimum Gasteiger partial charge on any atom is -0.330 e. The Labute approximate surface area is 100 Å². The quantitative estimate of drug-likeness (QED) is 0.878. The van der Waals surface area contributed by atoms with Crippen LogP contribution >= 0.6 is 0 Å². The maximum Gasteiger partial charge on any atom is 0.159 e. The van der Waals surface area contributed by atoms with E-state index in [1.807, 2.05) is 0 Å². The molecule has 2 unspecified atom stereocenters. The minimum atomic E-state index is -0.793. The van der Waals surface area contributed by atoms with E-state index in [2.05, 4.69) is 11.8 Å². The van der Waals surface area contributed by atoms with Gasteiger partial charge in [-0.25, -0.2) is 8.78 Å². The van der Waals surface area contributed by atoms with Crippen molar-refractivity contribution in [2.24, 2.45) is 11.7 Å². The molecule has 0 radical (unpaired) electrons. The fourth-order valence-corrected chi connectivity index (χ4v) is 2.71. The fraction of sp³-hybridized carbons (Fsp3) is 0.538. The molecular formula is C13H18F2N2. The van der Waals surface area contributed by atoms with Crippen LogP contribution in [0.4, 0.5) is 8.78 Å². The summed E-state index contributed by atoms with van der Waals surface area (Å²) >= 11 is 0. The molecule has 2 N–H and O–H groups in total. The highest BCUT2D eigenvalue weighted by Crippen LogP contribution is 2.36. The van der Waals surface area contributed by atoms with E-state index < -0.39 is 11.6 Å². The molecule has 1 aromatic carbocycles.